The van der Waals surface area contributed by atoms with Crippen LogP contribution < -0.4 is 5.32 Å². The Bertz CT molecular complexity index is 261. The number of amides is 1. The molecule has 3 atom stereocenters. The summed E-state index contributed by atoms with van der Waals surface area (Å²) in [6.07, 6.45) is 2.17. The van der Waals surface area contributed by atoms with Crippen molar-refractivity contribution in [1.82, 2.24) is 10.2 Å². The summed E-state index contributed by atoms with van der Waals surface area (Å²) >= 11 is 0. The van der Waals surface area contributed by atoms with Gasteiger partial charge in [-0.2, -0.15) is 0 Å². The Morgan fingerprint density at radius 2 is 1.94 bits per heavy atom. The molecule has 2 fully saturated rings. The Labute approximate surface area is 98.6 Å². The summed E-state index contributed by atoms with van der Waals surface area (Å²) in [5.41, 5.74) is -0.151. The van der Waals surface area contributed by atoms with Crippen LogP contribution in [0, 0.1) is 17.3 Å². The summed E-state index contributed by atoms with van der Waals surface area (Å²) in [6.45, 7) is 10.4. The van der Waals surface area contributed by atoms with Crippen molar-refractivity contribution in [3.8, 4) is 0 Å². The first kappa shape index (κ1) is 11.9. The van der Waals surface area contributed by atoms with Crippen molar-refractivity contribution in [2.24, 2.45) is 17.3 Å². The number of hydrogen-bond acceptors (Lipinski definition) is 2. The molecule has 2 saturated heterocycles. The molecule has 1 amide bonds. The number of piperidine rings is 1. The topological polar surface area (TPSA) is 32.3 Å². The Hall–Kier alpha value is -0.570. The van der Waals surface area contributed by atoms with Gasteiger partial charge < -0.3 is 10.2 Å². The van der Waals surface area contributed by atoms with E-state index in [1.807, 2.05) is 0 Å². The van der Waals surface area contributed by atoms with Crippen molar-refractivity contribution in [2.45, 2.75) is 33.6 Å². The number of nitrogens with one attached hydrogen (secondary N) is 1. The van der Waals surface area contributed by atoms with Gasteiger partial charge in [-0.05, 0) is 38.1 Å². The SMILES string of the molecule is CC1CN(C(=O)C2(C)CCCNC2)CC1C. The van der Waals surface area contributed by atoms with Crippen LogP contribution in [0.3, 0.4) is 0 Å². The van der Waals surface area contributed by atoms with E-state index < -0.39 is 0 Å². The highest BCUT2D eigenvalue weighted by Crippen LogP contribution is 2.32. The third-order valence-corrected chi connectivity index (χ3v) is 4.39. The van der Waals surface area contributed by atoms with E-state index in [1.165, 1.54) is 0 Å². The van der Waals surface area contributed by atoms with Crippen molar-refractivity contribution in [3.63, 3.8) is 0 Å². The van der Waals surface area contributed by atoms with Crippen LogP contribution >= 0.6 is 0 Å². The first-order chi connectivity index (χ1) is 7.53. The van der Waals surface area contributed by atoms with E-state index in [1.54, 1.807) is 0 Å². The maximum atomic E-state index is 12.5. The monoisotopic (exact) mass is 224 g/mol. The minimum absolute atomic E-state index is 0.151. The highest BCUT2D eigenvalue weighted by Gasteiger charge is 2.40. The summed E-state index contributed by atoms with van der Waals surface area (Å²) < 4.78 is 0. The molecule has 16 heavy (non-hydrogen) atoms. The van der Waals surface area contributed by atoms with Gasteiger partial charge in [0.1, 0.15) is 0 Å². The van der Waals surface area contributed by atoms with Crippen LogP contribution in [0.15, 0.2) is 0 Å². The number of rotatable bonds is 1. The zero-order valence-electron chi connectivity index (χ0n) is 10.8. The van der Waals surface area contributed by atoms with Crippen LogP contribution in [-0.2, 0) is 4.79 Å². The molecular weight excluding hydrogens is 200 g/mol. The lowest BCUT2D eigenvalue weighted by Gasteiger charge is -2.36. The molecular formula is C13H24N2O. The summed E-state index contributed by atoms with van der Waals surface area (Å²) in [4.78, 5) is 14.6. The number of carbonyl (C=O) groups is 1. The van der Waals surface area contributed by atoms with E-state index in [-0.39, 0.29) is 5.41 Å². The van der Waals surface area contributed by atoms with Crippen LogP contribution in [0.4, 0.5) is 0 Å². The van der Waals surface area contributed by atoms with Crippen LogP contribution in [0.2, 0.25) is 0 Å². The van der Waals surface area contributed by atoms with Gasteiger partial charge >= 0.3 is 0 Å². The second kappa shape index (κ2) is 4.36. The van der Waals surface area contributed by atoms with Gasteiger partial charge in [0.25, 0.3) is 0 Å². The summed E-state index contributed by atoms with van der Waals surface area (Å²) in [5, 5.41) is 3.35. The predicted octanol–water partition coefficient (Wildman–Crippen LogP) is 1.49. The number of carbonyl (C=O) groups excluding carboxylic acids is 1. The van der Waals surface area contributed by atoms with Gasteiger partial charge in [0.05, 0.1) is 5.41 Å². The molecule has 0 aromatic carbocycles. The lowest BCUT2D eigenvalue weighted by atomic mass is 9.81. The maximum absolute atomic E-state index is 12.5. The van der Waals surface area contributed by atoms with Crippen molar-refractivity contribution < 1.29 is 4.79 Å². The number of likely N-dealkylation sites (tertiary alicyclic amines) is 1. The molecule has 0 saturated carbocycles. The van der Waals surface area contributed by atoms with E-state index in [0.29, 0.717) is 17.7 Å². The first-order valence-electron chi connectivity index (χ1n) is 6.53. The van der Waals surface area contributed by atoms with Crippen molar-refractivity contribution in [2.75, 3.05) is 26.2 Å². The second-order valence-electron chi connectivity index (χ2n) is 6.01. The minimum atomic E-state index is -0.151. The van der Waals surface area contributed by atoms with Crippen LogP contribution in [0.25, 0.3) is 0 Å². The number of nitrogens with zero attached hydrogens (tertiary/aromatic N) is 1. The van der Waals surface area contributed by atoms with Gasteiger partial charge in [-0.3, -0.25) is 4.79 Å². The molecule has 3 nitrogen and oxygen atoms in total. The largest absolute Gasteiger partial charge is 0.342 e. The highest BCUT2D eigenvalue weighted by molar-refractivity contribution is 5.83. The molecule has 92 valence electrons. The Morgan fingerprint density at radius 1 is 1.31 bits per heavy atom. The number of hydrogen-bond donors (Lipinski definition) is 1. The zero-order chi connectivity index (χ0) is 11.8. The summed E-state index contributed by atoms with van der Waals surface area (Å²) in [6, 6.07) is 0. The molecule has 3 heteroatoms. The fraction of sp³-hybridized carbons (Fsp3) is 0.923. The summed E-state index contributed by atoms with van der Waals surface area (Å²) in [5.74, 6) is 1.68. The molecule has 1 N–H and O–H groups in total. The molecule has 0 bridgehead atoms. The molecule has 0 spiro atoms. The highest BCUT2D eigenvalue weighted by atomic mass is 16.2. The summed E-state index contributed by atoms with van der Waals surface area (Å²) in [7, 11) is 0. The van der Waals surface area contributed by atoms with Gasteiger partial charge in [0, 0.05) is 19.6 Å². The fourth-order valence-electron chi connectivity index (χ4n) is 2.92. The van der Waals surface area contributed by atoms with Gasteiger partial charge in [-0.1, -0.05) is 13.8 Å². The molecule has 2 rings (SSSR count). The van der Waals surface area contributed by atoms with Crippen molar-refractivity contribution >= 4 is 5.91 Å². The van der Waals surface area contributed by atoms with Crippen molar-refractivity contribution in [3.05, 3.63) is 0 Å². The van der Waals surface area contributed by atoms with Crippen LogP contribution in [0.1, 0.15) is 33.6 Å². The smallest absolute Gasteiger partial charge is 0.229 e. The fourth-order valence-corrected chi connectivity index (χ4v) is 2.92. The minimum Gasteiger partial charge on any atom is -0.342 e. The Balaban J connectivity index is 2.01. The van der Waals surface area contributed by atoms with E-state index in [9.17, 15) is 4.79 Å². The molecule has 0 radical (unpaired) electrons. The van der Waals surface area contributed by atoms with Crippen LogP contribution in [0.5, 0.6) is 0 Å². The Morgan fingerprint density at radius 3 is 2.44 bits per heavy atom. The molecule has 0 aromatic rings. The molecule has 0 aliphatic carbocycles. The standard InChI is InChI=1S/C13H24N2O/c1-10-7-15(8-11(10)2)12(16)13(3)5-4-6-14-9-13/h10-11,14H,4-9H2,1-3H3. The van der Waals surface area contributed by atoms with Crippen molar-refractivity contribution in [1.29, 1.82) is 0 Å². The van der Waals surface area contributed by atoms with Gasteiger partial charge in [0.15, 0.2) is 0 Å². The average molecular weight is 224 g/mol. The molecule has 2 aliphatic heterocycles. The van der Waals surface area contributed by atoms with E-state index in [4.69, 9.17) is 0 Å². The molecule has 0 aromatic heterocycles. The quantitative estimate of drug-likeness (QED) is 0.732. The van der Waals surface area contributed by atoms with E-state index in [2.05, 4.69) is 31.0 Å². The predicted molar refractivity (Wildman–Crippen MR) is 65.1 cm³/mol. The zero-order valence-corrected chi connectivity index (χ0v) is 10.8. The Kier molecular flexibility index (Phi) is 3.24. The van der Waals surface area contributed by atoms with Gasteiger partial charge in [-0.15, -0.1) is 0 Å². The average Bonchev–Trinajstić information content (AvgIpc) is 2.59. The lowest BCUT2D eigenvalue weighted by Crippen LogP contribution is -2.49. The van der Waals surface area contributed by atoms with E-state index >= 15 is 0 Å². The van der Waals surface area contributed by atoms with Crippen LogP contribution in [-0.4, -0.2) is 37.0 Å². The lowest BCUT2D eigenvalue weighted by molar-refractivity contribution is -0.141. The first-order valence-corrected chi connectivity index (χ1v) is 6.53. The third-order valence-electron chi connectivity index (χ3n) is 4.39. The van der Waals surface area contributed by atoms with Gasteiger partial charge in [0.2, 0.25) is 5.91 Å². The van der Waals surface area contributed by atoms with E-state index in [0.717, 1.165) is 39.0 Å². The molecule has 2 aliphatic rings. The second-order valence-corrected chi connectivity index (χ2v) is 6.01. The molecule has 2 heterocycles. The molecule has 3 unspecified atom stereocenters. The maximum Gasteiger partial charge on any atom is 0.229 e. The normalized spacial score (nSPS) is 40.1. The van der Waals surface area contributed by atoms with Gasteiger partial charge in [-0.25, -0.2) is 0 Å². The third kappa shape index (κ3) is 2.10.